The Hall–Kier alpha value is -2.82. The van der Waals surface area contributed by atoms with E-state index in [0.29, 0.717) is 5.82 Å². The van der Waals surface area contributed by atoms with Crippen molar-refractivity contribution in [2.45, 2.75) is 13.8 Å². The van der Waals surface area contributed by atoms with Crippen LogP contribution in [0, 0.1) is 34.1 Å². The summed E-state index contributed by atoms with van der Waals surface area (Å²) < 4.78 is 1.21. The van der Waals surface area contributed by atoms with Crippen LogP contribution in [-0.4, -0.2) is 34.8 Å². The number of imidazole rings is 2. The number of aromatic amines is 1. The molecule has 0 amide bonds. The first kappa shape index (κ1) is 14.2. The highest BCUT2D eigenvalue weighted by Crippen LogP contribution is 2.23. The molecule has 0 aliphatic heterocycles. The molecule has 11 nitrogen and oxygen atoms in total. The lowest BCUT2D eigenvalue weighted by Gasteiger charge is -1.97. The molecule has 0 atom stereocenters. The van der Waals surface area contributed by atoms with Crippen LogP contribution in [0.5, 0.6) is 0 Å². The number of rotatable bonds is 3. The van der Waals surface area contributed by atoms with Crippen molar-refractivity contribution in [3.05, 3.63) is 38.1 Å². The first-order valence-electron chi connectivity index (χ1n) is 4.82. The molecule has 2 aromatic rings. The first-order chi connectivity index (χ1) is 8.40. The molecule has 0 aromatic carbocycles. The number of nitrogens with one attached hydrogen (secondary N) is 1. The predicted octanol–water partition coefficient (Wildman–Crippen LogP) is 0.204. The molecular formula is C8H10N6O5. The van der Waals surface area contributed by atoms with E-state index in [1.165, 1.54) is 11.5 Å². The minimum atomic E-state index is -0.672. The molecule has 2 rings (SSSR count). The van der Waals surface area contributed by atoms with E-state index in [0.717, 1.165) is 6.20 Å². The molecule has 2 heterocycles. The fourth-order valence-electron chi connectivity index (χ4n) is 1.52. The van der Waals surface area contributed by atoms with E-state index in [9.17, 15) is 20.2 Å². The molecule has 3 N–H and O–H groups in total. The maximum atomic E-state index is 10.8. The van der Waals surface area contributed by atoms with Crippen LogP contribution in [0.3, 0.4) is 0 Å². The summed E-state index contributed by atoms with van der Waals surface area (Å²) >= 11 is 0. The molecule has 11 heteroatoms. The van der Waals surface area contributed by atoms with Crippen molar-refractivity contribution in [1.82, 2.24) is 19.5 Å². The molecule has 0 saturated carbocycles. The molecule has 0 spiro atoms. The van der Waals surface area contributed by atoms with Crippen LogP contribution in [-0.2, 0) is 0 Å². The van der Waals surface area contributed by atoms with Gasteiger partial charge in [-0.05, 0) is 14.8 Å². The Kier molecular flexibility index (Phi) is 3.61. The van der Waals surface area contributed by atoms with Gasteiger partial charge in [-0.15, -0.1) is 0 Å². The third-order valence-corrected chi connectivity index (χ3v) is 2.25. The van der Waals surface area contributed by atoms with Gasteiger partial charge in [-0.2, -0.15) is 4.98 Å². The van der Waals surface area contributed by atoms with Crippen molar-refractivity contribution in [2.75, 3.05) is 0 Å². The summed E-state index contributed by atoms with van der Waals surface area (Å²) in [5.41, 5.74) is 0. The largest absolute Gasteiger partial charge is 0.412 e. The van der Waals surface area contributed by atoms with Crippen LogP contribution >= 0.6 is 0 Å². The highest BCUT2D eigenvalue weighted by atomic mass is 16.6. The summed E-state index contributed by atoms with van der Waals surface area (Å²) in [5, 5.41) is 21.4. The molecule has 2 aromatic heterocycles. The molecule has 0 bridgehead atoms. The highest BCUT2D eigenvalue weighted by Gasteiger charge is 2.25. The van der Waals surface area contributed by atoms with E-state index in [4.69, 9.17) is 0 Å². The van der Waals surface area contributed by atoms with E-state index in [1.54, 1.807) is 6.92 Å². The monoisotopic (exact) mass is 270 g/mol. The van der Waals surface area contributed by atoms with Crippen LogP contribution in [0.2, 0.25) is 0 Å². The quantitative estimate of drug-likeness (QED) is 0.618. The van der Waals surface area contributed by atoms with Crippen molar-refractivity contribution in [3.8, 4) is 5.82 Å². The fraction of sp³-hybridized carbons (Fsp3) is 0.250. The smallest absolute Gasteiger partial charge is 0.382 e. The fourth-order valence-corrected chi connectivity index (χ4v) is 1.52. The van der Waals surface area contributed by atoms with Crippen LogP contribution in [0.1, 0.15) is 11.6 Å². The number of hydrogen-bond acceptors (Lipinski definition) is 6. The molecule has 0 fully saturated rings. The van der Waals surface area contributed by atoms with Crippen LogP contribution in [0.4, 0.5) is 11.6 Å². The lowest BCUT2D eigenvalue weighted by Crippen LogP contribution is -2.00. The Morgan fingerprint density at radius 2 is 1.84 bits per heavy atom. The molecular weight excluding hydrogens is 260 g/mol. The zero-order valence-corrected chi connectivity index (χ0v) is 9.95. The van der Waals surface area contributed by atoms with Gasteiger partial charge in [0, 0.05) is 13.8 Å². The molecule has 0 saturated heterocycles. The van der Waals surface area contributed by atoms with E-state index in [1.807, 2.05) is 0 Å². The van der Waals surface area contributed by atoms with Crippen molar-refractivity contribution >= 4 is 11.6 Å². The Morgan fingerprint density at radius 1 is 1.21 bits per heavy atom. The van der Waals surface area contributed by atoms with Crippen LogP contribution in [0.15, 0.2) is 6.20 Å². The SMILES string of the molecule is Cc1nc(-n2cc([N+](=O)[O-])nc2C)c([N+](=O)[O-])[nH]1.O. The van der Waals surface area contributed by atoms with Crippen molar-refractivity contribution in [1.29, 1.82) is 0 Å². The number of hydrogen-bond donors (Lipinski definition) is 1. The molecule has 19 heavy (non-hydrogen) atoms. The number of aromatic nitrogens is 4. The Morgan fingerprint density at radius 3 is 2.32 bits per heavy atom. The van der Waals surface area contributed by atoms with Gasteiger partial charge in [0.1, 0.15) is 6.20 Å². The molecule has 0 radical (unpaired) electrons. The highest BCUT2D eigenvalue weighted by molar-refractivity contribution is 5.44. The normalized spacial score (nSPS) is 10.0. The Balaban J connectivity index is 0.00000180. The molecule has 0 aliphatic carbocycles. The second kappa shape index (κ2) is 4.81. The molecule has 102 valence electrons. The molecule has 0 unspecified atom stereocenters. The maximum Gasteiger partial charge on any atom is 0.382 e. The van der Waals surface area contributed by atoms with Crippen molar-refractivity contribution < 1.29 is 15.3 Å². The van der Waals surface area contributed by atoms with E-state index in [2.05, 4.69) is 15.0 Å². The summed E-state index contributed by atoms with van der Waals surface area (Å²) in [6.45, 7) is 3.05. The summed E-state index contributed by atoms with van der Waals surface area (Å²) in [7, 11) is 0. The standard InChI is InChI=1S/C8H8N6O4.H2O/c1-4-9-7(8(10-4)14(17)18)12-3-6(13(15)16)11-5(12)2;/h3H,1-2H3,(H,9,10);1H2. The zero-order valence-electron chi connectivity index (χ0n) is 9.95. The van der Waals surface area contributed by atoms with Gasteiger partial charge in [-0.3, -0.25) is 4.57 Å². The van der Waals surface area contributed by atoms with E-state index >= 15 is 0 Å². The number of aryl methyl sites for hydroxylation is 2. The molecule has 0 aliphatic rings. The second-order valence-corrected chi connectivity index (χ2v) is 3.52. The zero-order chi connectivity index (χ0) is 13.4. The van der Waals surface area contributed by atoms with Crippen LogP contribution < -0.4 is 0 Å². The third kappa shape index (κ3) is 2.40. The summed E-state index contributed by atoms with van der Waals surface area (Å²) in [4.78, 5) is 30.2. The Labute approximate surface area is 105 Å². The van der Waals surface area contributed by atoms with Crippen molar-refractivity contribution in [3.63, 3.8) is 0 Å². The minimum Gasteiger partial charge on any atom is -0.412 e. The number of H-pyrrole nitrogens is 1. The van der Waals surface area contributed by atoms with Gasteiger partial charge in [0.05, 0.1) is 0 Å². The van der Waals surface area contributed by atoms with Gasteiger partial charge in [-0.1, -0.05) is 0 Å². The average molecular weight is 270 g/mol. The summed E-state index contributed by atoms with van der Waals surface area (Å²) in [6.07, 6.45) is 1.10. The number of nitrogens with zero attached hydrogens (tertiary/aromatic N) is 5. The van der Waals surface area contributed by atoms with E-state index in [-0.39, 0.29) is 28.8 Å². The van der Waals surface area contributed by atoms with Gasteiger partial charge in [0.15, 0.2) is 5.82 Å². The van der Waals surface area contributed by atoms with Crippen LogP contribution in [0.25, 0.3) is 5.82 Å². The lowest BCUT2D eigenvalue weighted by molar-refractivity contribution is -0.389. The average Bonchev–Trinajstić information content (AvgIpc) is 2.81. The van der Waals surface area contributed by atoms with Gasteiger partial charge < -0.3 is 25.7 Å². The van der Waals surface area contributed by atoms with Crippen molar-refractivity contribution in [2.24, 2.45) is 0 Å². The first-order valence-corrected chi connectivity index (χ1v) is 4.82. The van der Waals surface area contributed by atoms with E-state index < -0.39 is 9.85 Å². The summed E-state index contributed by atoms with van der Waals surface area (Å²) in [6, 6.07) is 0. The topological polar surface area (TPSA) is 164 Å². The number of nitro groups is 2. The Bertz CT molecular complexity index is 644. The van der Waals surface area contributed by atoms with Gasteiger partial charge in [0.2, 0.25) is 11.6 Å². The van der Waals surface area contributed by atoms with Gasteiger partial charge in [0.25, 0.3) is 0 Å². The second-order valence-electron chi connectivity index (χ2n) is 3.52. The lowest BCUT2D eigenvalue weighted by atomic mass is 10.6. The predicted molar refractivity (Wildman–Crippen MR) is 62.1 cm³/mol. The third-order valence-electron chi connectivity index (χ3n) is 2.25. The maximum absolute atomic E-state index is 10.8. The summed E-state index contributed by atoms with van der Waals surface area (Å²) in [5.74, 6) is -0.148. The minimum absolute atomic E-state index is 0. The van der Waals surface area contributed by atoms with Gasteiger partial charge in [-0.25, -0.2) is 4.98 Å². The van der Waals surface area contributed by atoms with Gasteiger partial charge >= 0.3 is 11.6 Å².